The number of fused-ring (bicyclic) bond motifs is 1. The van der Waals surface area contributed by atoms with Gasteiger partial charge in [-0.2, -0.15) is 0 Å². The molecule has 0 N–H and O–H groups in total. The maximum atomic E-state index is 13.7. The van der Waals surface area contributed by atoms with Gasteiger partial charge in [0, 0.05) is 10.6 Å². The van der Waals surface area contributed by atoms with Crippen LogP contribution in [0.3, 0.4) is 0 Å². The minimum absolute atomic E-state index is 0.0160. The van der Waals surface area contributed by atoms with Gasteiger partial charge in [0.2, 0.25) is 0 Å². The van der Waals surface area contributed by atoms with Gasteiger partial charge in [0.15, 0.2) is 5.16 Å². The zero-order valence-corrected chi connectivity index (χ0v) is 21.3. The fourth-order valence-corrected chi connectivity index (χ4v) is 5.96. The molecule has 0 radical (unpaired) electrons. The monoisotopic (exact) mass is 478 g/mol. The molecule has 0 fully saturated rings. The van der Waals surface area contributed by atoms with Crippen molar-refractivity contribution in [2.75, 3.05) is 12.4 Å². The smallest absolute Gasteiger partial charge is 0.267 e. The van der Waals surface area contributed by atoms with Crippen LogP contribution >= 0.6 is 23.1 Å². The molecular weight excluding hydrogens is 448 g/mol. The van der Waals surface area contributed by atoms with Gasteiger partial charge in [0.1, 0.15) is 10.6 Å². The molecule has 0 aliphatic heterocycles. The third kappa shape index (κ3) is 5.17. The molecule has 0 atom stereocenters. The van der Waals surface area contributed by atoms with Crippen molar-refractivity contribution in [2.45, 2.75) is 52.1 Å². The summed E-state index contributed by atoms with van der Waals surface area (Å²) in [5, 5.41) is 1.47. The normalized spacial score (nSPS) is 11.3. The van der Waals surface area contributed by atoms with Gasteiger partial charge in [-0.1, -0.05) is 61.9 Å². The molecule has 0 aliphatic carbocycles. The highest BCUT2D eigenvalue weighted by Crippen LogP contribution is 2.31. The Labute approximate surface area is 203 Å². The summed E-state index contributed by atoms with van der Waals surface area (Å²) in [7, 11) is 0. The van der Waals surface area contributed by atoms with E-state index in [2.05, 4.69) is 39.8 Å². The van der Waals surface area contributed by atoms with Gasteiger partial charge < -0.3 is 4.74 Å². The number of hydrogen-bond donors (Lipinski definition) is 0. The molecule has 0 bridgehead atoms. The molecule has 172 valence electrons. The first-order chi connectivity index (χ1) is 16.0. The molecule has 4 nitrogen and oxygen atoms in total. The molecule has 2 aromatic carbocycles. The molecule has 0 aliphatic rings. The van der Waals surface area contributed by atoms with E-state index in [1.165, 1.54) is 16.0 Å². The van der Waals surface area contributed by atoms with E-state index in [0.717, 1.165) is 46.5 Å². The van der Waals surface area contributed by atoms with Crippen LogP contribution in [-0.2, 0) is 12.8 Å². The zero-order valence-electron chi connectivity index (χ0n) is 19.7. The Morgan fingerprint density at radius 3 is 2.42 bits per heavy atom. The number of aryl methyl sites for hydroxylation is 4. The number of thioether (sulfide) groups is 1. The first kappa shape index (κ1) is 23.6. The SMILES string of the molecule is CCCc1sc2nc(SCCOc3ccc(C)cc3)n(-c3ccc(CC)cc3)c(=O)c2c1C. The molecule has 0 saturated carbocycles. The summed E-state index contributed by atoms with van der Waals surface area (Å²) in [5.41, 5.74) is 4.41. The summed E-state index contributed by atoms with van der Waals surface area (Å²) in [6.45, 7) is 8.96. The van der Waals surface area contributed by atoms with Gasteiger partial charge in [-0.05, 0) is 62.1 Å². The maximum absolute atomic E-state index is 13.7. The van der Waals surface area contributed by atoms with E-state index >= 15 is 0 Å². The van der Waals surface area contributed by atoms with E-state index in [9.17, 15) is 4.79 Å². The van der Waals surface area contributed by atoms with Gasteiger partial charge >= 0.3 is 0 Å². The molecule has 2 aromatic heterocycles. The van der Waals surface area contributed by atoms with Crippen molar-refractivity contribution in [3.8, 4) is 11.4 Å². The number of rotatable bonds is 9. The van der Waals surface area contributed by atoms with Crippen molar-refractivity contribution in [1.29, 1.82) is 0 Å². The highest BCUT2D eigenvalue weighted by atomic mass is 32.2. The minimum atomic E-state index is 0.0160. The first-order valence-corrected chi connectivity index (χ1v) is 13.3. The lowest BCUT2D eigenvalue weighted by Gasteiger charge is -2.13. The molecule has 4 aromatic rings. The lowest BCUT2D eigenvalue weighted by atomic mass is 10.1. The van der Waals surface area contributed by atoms with E-state index < -0.39 is 0 Å². The maximum Gasteiger partial charge on any atom is 0.267 e. The third-order valence-corrected chi connectivity index (χ3v) is 7.86. The number of aromatic nitrogens is 2. The Morgan fingerprint density at radius 2 is 1.76 bits per heavy atom. The summed E-state index contributed by atoms with van der Waals surface area (Å²) in [6.07, 6.45) is 3.00. The first-order valence-electron chi connectivity index (χ1n) is 11.5. The fourth-order valence-electron chi connectivity index (χ4n) is 3.81. The summed E-state index contributed by atoms with van der Waals surface area (Å²) < 4.78 is 7.67. The summed E-state index contributed by atoms with van der Waals surface area (Å²) >= 11 is 3.22. The summed E-state index contributed by atoms with van der Waals surface area (Å²) in [5.74, 6) is 1.56. The van der Waals surface area contributed by atoms with Crippen LogP contribution in [0, 0.1) is 13.8 Å². The number of hydrogen-bond acceptors (Lipinski definition) is 5. The standard InChI is InChI=1S/C27H30N2O2S2/c1-5-7-23-19(4)24-25(33-23)28-27(32-17-16-31-22-14-8-18(3)9-15-22)29(26(24)30)21-12-10-20(6-2)11-13-21/h8-15H,5-7,16-17H2,1-4H3. The van der Waals surface area contributed by atoms with Gasteiger partial charge in [0.25, 0.3) is 5.56 Å². The van der Waals surface area contributed by atoms with Crippen molar-refractivity contribution in [3.63, 3.8) is 0 Å². The third-order valence-electron chi connectivity index (χ3n) is 5.72. The van der Waals surface area contributed by atoms with E-state index in [1.807, 2.05) is 36.4 Å². The summed E-state index contributed by atoms with van der Waals surface area (Å²) in [6, 6.07) is 16.3. The molecule has 0 spiro atoms. The average molecular weight is 479 g/mol. The molecule has 4 rings (SSSR count). The second-order valence-corrected chi connectivity index (χ2v) is 10.3. The van der Waals surface area contributed by atoms with E-state index in [0.29, 0.717) is 17.5 Å². The van der Waals surface area contributed by atoms with Crippen molar-refractivity contribution in [2.24, 2.45) is 0 Å². The van der Waals surface area contributed by atoms with Gasteiger partial charge in [0.05, 0.1) is 17.7 Å². The second kappa shape index (κ2) is 10.6. The second-order valence-electron chi connectivity index (χ2n) is 8.15. The quantitative estimate of drug-likeness (QED) is 0.152. The van der Waals surface area contributed by atoms with Crippen molar-refractivity contribution in [3.05, 3.63) is 80.5 Å². The number of nitrogens with zero attached hydrogens (tertiary/aromatic N) is 2. The van der Waals surface area contributed by atoms with Crippen LogP contribution in [0.1, 0.15) is 41.8 Å². The predicted octanol–water partition coefficient (Wildman–Crippen LogP) is 6.75. The Hall–Kier alpha value is -2.57. The van der Waals surface area contributed by atoms with Crippen LogP contribution in [0.5, 0.6) is 5.75 Å². The Balaban J connectivity index is 1.67. The van der Waals surface area contributed by atoms with Gasteiger partial charge in [-0.3, -0.25) is 9.36 Å². The van der Waals surface area contributed by atoms with E-state index in [-0.39, 0.29) is 5.56 Å². The molecule has 0 saturated heterocycles. The lowest BCUT2D eigenvalue weighted by molar-refractivity contribution is 0.344. The van der Waals surface area contributed by atoms with Gasteiger partial charge in [-0.15, -0.1) is 11.3 Å². The van der Waals surface area contributed by atoms with Crippen LogP contribution in [0.4, 0.5) is 0 Å². The molecule has 6 heteroatoms. The number of benzene rings is 2. The zero-order chi connectivity index (χ0) is 23.4. The van der Waals surface area contributed by atoms with Crippen LogP contribution < -0.4 is 10.3 Å². The van der Waals surface area contributed by atoms with Crippen LogP contribution in [0.25, 0.3) is 15.9 Å². The van der Waals surface area contributed by atoms with Crippen molar-refractivity contribution >= 4 is 33.3 Å². The van der Waals surface area contributed by atoms with Crippen LogP contribution in [0.15, 0.2) is 58.5 Å². The largest absolute Gasteiger partial charge is 0.493 e. The highest BCUT2D eigenvalue weighted by molar-refractivity contribution is 7.99. The summed E-state index contributed by atoms with van der Waals surface area (Å²) in [4.78, 5) is 20.8. The minimum Gasteiger partial charge on any atom is -0.493 e. The average Bonchev–Trinajstić information content (AvgIpc) is 3.13. The molecule has 2 heterocycles. The van der Waals surface area contributed by atoms with E-state index in [4.69, 9.17) is 9.72 Å². The Kier molecular flexibility index (Phi) is 7.56. The van der Waals surface area contributed by atoms with Gasteiger partial charge in [-0.25, -0.2) is 4.98 Å². The topological polar surface area (TPSA) is 44.1 Å². The number of thiophene rings is 1. The molecule has 0 amide bonds. The Bertz CT molecular complexity index is 1290. The Morgan fingerprint density at radius 1 is 1.03 bits per heavy atom. The molecule has 0 unspecified atom stereocenters. The molecular formula is C27H30N2O2S2. The lowest BCUT2D eigenvalue weighted by Crippen LogP contribution is -2.22. The highest BCUT2D eigenvalue weighted by Gasteiger charge is 2.19. The van der Waals surface area contributed by atoms with Crippen LogP contribution in [0.2, 0.25) is 0 Å². The predicted molar refractivity (Wildman–Crippen MR) is 141 cm³/mol. The fraction of sp³-hybridized carbons (Fsp3) is 0.333. The van der Waals surface area contributed by atoms with Crippen LogP contribution in [-0.4, -0.2) is 21.9 Å². The van der Waals surface area contributed by atoms with E-state index in [1.54, 1.807) is 27.7 Å². The van der Waals surface area contributed by atoms with Crippen molar-refractivity contribution in [1.82, 2.24) is 9.55 Å². The van der Waals surface area contributed by atoms with Crippen molar-refractivity contribution < 1.29 is 4.74 Å². The number of ether oxygens (including phenoxy) is 1. The molecule has 33 heavy (non-hydrogen) atoms.